The Morgan fingerprint density at radius 1 is 1.14 bits per heavy atom. The van der Waals surface area contributed by atoms with Gasteiger partial charge in [0.1, 0.15) is 12.1 Å². The molecule has 0 saturated carbocycles. The Morgan fingerprint density at radius 2 is 1.64 bits per heavy atom. The summed E-state index contributed by atoms with van der Waals surface area (Å²) in [6.45, 7) is 7.44. The molecule has 0 aromatic rings. The molecule has 1 aliphatic heterocycles. The first-order chi connectivity index (χ1) is 6.54. The number of likely N-dealkylation sites (N-methyl/N-ethyl adjacent to an activating group) is 1. The second-order valence-electron chi connectivity index (χ2n) is 3.19. The van der Waals surface area contributed by atoms with Crippen LogP contribution in [0.1, 0.15) is 13.8 Å². The zero-order valence-electron chi connectivity index (χ0n) is 8.55. The van der Waals surface area contributed by atoms with Crippen LogP contribution in [0.4, 0.5) is 0 Å². The van der Waals surface area contributed by atoms with Gasteiger partial charge >= 0.3 is 0 Å². The van der Waals surface area contributed by atoms with Crippen LogP contribution in [0.25, 0.3) is 0 Å². The molecule has 70 valence electrons. The van der Waals surface area contributed by atoms with Crippen LogP contribution in [-0.2, 0) is 0 Å². The zero-order chi connectivity index (χ0) is 10.9. The topological polar surface area (TPSA) is 50.8 Å². The van der Waals surface area contributed by atoms with Crippen molar-refractivity contribution in [2.45, 2.75) is 13.8 Å². The fourth-order valence-corrected chi connectivity index (χ4v) is 1.46. The molecule has 0 fully saturated rings. The number of hydrogen-bond acceptors (Lipinski definition) is 3. The van der Waals surface area contributed by atoms with E-state index in [2.05, 4.69) is 18.7 Å². The van der Waals surface area contributed by atoms with E-state index < -0.39 is 0 Å². The van der Waals surface area contributed by atoms with Gasteiger partial charge < -0.3 is 4.90 Å². The van der Waals surface area contributed by atoms with Crippen LogP contribution in [0.15, 0.2) is 34.7 Å². The maximum absolute atomic E-state index is 8.94. The lowest BCUT2D eigenvalue weighted by molar-refractivity contribution is 0.522. The standard InChI is InChI=1S/C11H11N3/c1-7-10(5-12)8(2)14(4)9(3)11(7)6-13/h2H2,1,3-4H3. The summed E-state index contributed by atoms with van der Waals surface area (Å²) in [5.41, 5.74) is 3.28. The van der Waals surface area contributed by atoms with Gasteiger partial charge in [-0.2, -0.15) is 10.5 Å². The predicted octanol–water partition coefficient (Wildman–Crippen LogP) is 2.08. The van der Waals surface area contributed by atoms with Crippen LogP contribution in [0, 0.1) is 22.7 Å². The normalized spacial score (nSPS) is 16.9. The summed E-state index contributed by atoms with van der Waals surface area (Å²) in [6, 6.07) is 4.18. The highest BCUT2D eigenvalue weighted by Crippen LogP contribution is 2.31. The van der Waals surface area contributed by atoms with Gasteiger partial charge in [-0.15, -0.1) is 0 Å². The molecule has 0 spiro atoms. The molecule has 0 atom stereocenters. The molecule has 1 heterocycles. The van der Waals surface area contributed by atoms with Crippen molar-refractivity contribution < 1.29 is 0 Å². The van der Waals surface area contributed by atoms with E-state index in [0.717, 1.165) is 11.3 Å². The number of rotatable bonds is 0. The van der Waals surface area contributed by atoms with Gasteiger partial charge in [-0.3, -0.25) is 0 Å². The monoisotopic (exact) mass is 185 g/mol. The van der Waals surface area contributed by atoms with Gasteiger partial charge in [-0.05, 0) is 19.4 Å². The van der Waals surface area contributed by atoms with Gasteiger partial charge in [-0.1, -0.05) is 6.58 Å². The van der Waals surface area contributed by atoms with Crippen LogP contribution < -0.4 is 0 Å². The molecule has 0 amide bonds. The van der Waals surface area contributed by atoms with Gasteiger partial charge in [0.05, 0.1) is 16.8 Å². The van der Waals surface area contributed by atoms with Crippen molar-refractivity contribution in [1.29, 1.82) is 10.5 Å². The van der Waals surface area contributed by atoms with Crippen molar-refractivity contribution in [2.24, 2.45) is 0 Å². The quantitative estimate of drug-likeness (QED) is 0.580. The first-order valence-corrected chi connectivity index (χ1v) is 4.20. The van der Waals surface area contributed by atoms with E-state index >= 15 is 0 Å². The van der Waals surface area contributed by atoms with Crippen molar-refractivity contribution in [3.63, 3.8) is 0 Å². The maximum Gasteiger partial charge on any atom is 0.102 e. The van der Waals surface area contributed by atoms with Crippen molar-refractivity contribution in [3.05, 3.63) is 34.7 Å². The minimum atomic E-state index is 0.495. The van der Waals surface area contributed by atoms with Gasteiger partial charge in [-0.25, -0.2) is 0 Å². The Balaban J connectivity index is 3.48. The molecule has 3 nitrogen and oxygen atoms in total. The van der Waals surface area contributed by atoms with Crippen molar-refractivity contribution in [3.8, 4) is 12.1 Å². The molecule has 0 saturated heterocycles. The summed E-state index contributed by atoms with van der Waals surface area (Å²) in [4.78, 5) is 1.77. The Kier molecular flexibility index (Phi) is 2.45. The average Bonchev–Trinajstić information content (AvgIpc) is 2.16. The van der Waals surface area contributed by atoms with Crippen LogP contribution >= 0.6 is 0 Å². The number of allylic oxidation sites excluding steroid dienone is 4. The zero-order valence-corrected chi connectivity index (χ0v) is 8.55. The van der Waals surface area contributed by atoms with Gasteiger partial charge in [0.15, 0.2) is 0 Å². The third-order valence-corrected chi connectivity index (χ3v) is 2.53. The SMILES string of the molecule is C=C1C(C#N)=C(C)C(C#N)=C(C)N1C. The highest BCUT2D eigenvalue weighted by atomic mass is 15.1. The fraction of sp³-hybridized carbons (Fsp3) is 0.273. The molecule has 14 heavy (non-hydrogen) atoms. The van der Waals surface area contributed by atoms with E-state index in [9.17, 15) is 0 Å². The molecule has 1 rings (SSSR count). The highest BCUT2D eigenvalue weighted by molar-refractivity contribution is 5.59. The molecule has 0 aromatic carbocycles. The van der Waals surface area contributed by atoms with Gasteiger partial charge in [0.2, 0.25) is 0 Å². The third kappa shape index (κ3) is 1.20. The third-order valence-electron chi connectivity index (χ3n) is 2.53. The number of nitriles is 2. The second-order valence-corrected chi connectivity index (χ2v) is 3.19. The van der Waals surface area contributed by atoms with Crippen LogP contribution in [0.2, 0.25) is 0 Å². The smallest absolute Gasteiger partial charge is 0.102 e. The molecular formula is C11H11N3. The summed E-state index contributed by atoms with van der Waals surface area (Å²) in [5, 5.41) is 17.9. The van der Waals surface area contributed by atoms with Crippen molar-refractivity contribution in [2.75, 3.05) is 7.05 Å². The summed E-state index contributed by atoms with van der Waals surface area (Å²) in [5.74, 6) is 0. The van der Waals surface area contributed by atoms with E-state index in [-0.39, 0.29) is 0 Å². The summed E-state index contributed by atoms with van der Waals surface area (Å²) in [7, 11) is 1.80. The lowest BCUT2D eigenvalue weighted by Gasteiger charge is -2.28. The Labute approximate surface area is 83.9 Å². The predicted molar refractivity (Wildman–Crippen MR) is 53.5 cm³/mol. The van der Waals surface area contributed by atoms with E-state index in [1.807, 2.05) is 6.92 Å². The summed E-state index contributed by atoms with van der Waals surface area (Å²) in [6.07, 6.45) is 0. The Bertz CT molecular complexity index is 438. The Morgan fingerprint density at radius 3 is 2.07 bits per heavy atom. The lowest BCUT2D eigenvalue weighted by atomic mass is 9.95. The molecule has 1 aliphatic rings. The van der Waals surface area contributed by atoms with Gasteiger partial charge in [0.25, 0.3) is 0 Å². The molecular weight excluding hydrogens is 174 g/mol. The van der Waals surface area contributed by atoms with E-state index in [1.165, 1.54) is 0 Å². The van der Waals surface area contributed by atoms with Gasteiger partial charge in [0, 0.05) is 12.7 Å². The minimum absolute atomic E-state index is 0.495. The lowest BCUT2D eigenvalue weighted by Crippen LogP contribution is -2.22. The number of nitrogens with zero attached hydrogens (tertiary/aromatic N) is 3. The average molecular weight is 185 g/mol. The molecule has 0 aromatic heterocycles. The van der Waals surface area contributed by atoms with Crippen molar-refractivity contribution in [1.82, 2.24) is 4.90 Å². The minimum Gasteiger partial charge on any atom is -0.347 e. The highest BCUT2D eigenvalue weighted by Gasteiger charge is 2.22. The maximum atomic E-state index is 8.94. The molecule has 0 aliphatic carbocycles. The molecule has 0 unspecified atom stereocenters. The fourth-order valence-electron chi connectivity index (χ4n) is 1.46. The van der Waals surface area contributed by atoms with Crippen LogP contribution in [-0.4, -0.2) is 11.9 Å². The molecule has 0 radical (unpaired) electrons. The molecule has 0 N–H and O–H groups in total. The molecule has 3 heteroatoms. The number of hydrogen-bond donors (Lipinski definition) is 0. The van der Waals surface area contributed by atoms with E-state index in [1.54, 1.807) is 18.9 Å². The molecule has 0 bridgehead atoms. The first kappa shape index (κ1) is 10.1. The Hall–Kier alpha value is -2.00. The summed E-state index contributed by atoms with van der Waals surface area (Å²) < 4.78 is 0. The van der Waals surface area contributed by atoms with E-state index in [4.69, 9.17) is 10.5 Å². The first-order valence-electron chi connectivity index (χ1n) is 4.20. The second kappa shape index (κ2) is 3.40. The van der Waals surface area contributed by atoms with Crippen LogP contribution in [0.5, 0.6) is 0 Å². The van der Waals surface area contributed by atoms with Crippen molar-refractivity contribution >= 4 is 0 Å². The van der Waals surface area contributed by atoms with Crippen LogP contribution in [0.3, 0.4) is 0 Å². The largest absolute Gasteiger partial charge is 0.347 e. The summed E-state index contributed by atoms with van der Waals surface area (Å²) >= 11 is 0. The van der Waals surface area contributed by atoms with E-state index in [0.29, 0.717) is 16.8 Å².